The Hall–Kier alpha value is -2.66. The standard InChI is InChI=1S/C8H8.C7H12O2.C5H8O2.C5H12Si/c1-2-8-6-4-3-5-7-8;1-3-5-6-9-7(8)4-2;1-4(2)5(6)7-3;1-5-6(2,3)4/h2-7H,1H2;4H,2-3,5-6H2,1H3;1H2,2-3H3;5H,1H2,2-4H3. The van der Waals surface area contributed by atoms with Crippen molar-refractivity contribution in [2.75, 3.05) is 13.7 Å². The highest BCUT2D eigenvalue weighted by molar-refractivity contribution is 6.80. The molecule has 0 aliphatic heterocycles. The van der Waals surface area contributed by atoms with Gasteiger partial charge in [0.05, 0.1) is 21.8 Å². The SMILES string of the molecule is C=C(C)C(=O)OC.C=CC(=O)OCCCC.C=C[Si](C)(C)C.C=Cc1ccccc1. The molecular weight excluding hydrogens is 392 g/mol. The first-order valence-electron chi connectivity index (χ1n) is 9.83. The molecule has 0 N–H and O–H groups in total. The smallest absolute Gasteiger partial charge is 0.332 e. The average molecular weight is 433 g/mol. The van der Waals surface area contributed by atoms with Crippen molar-refractivity contribution < 1.29 is 19.1 Å². The Morgan fingerprint density at radius 2 is 1.57 bits per heavy atom. The van der Waals surface area contributed by atoms with E-state index >= 15 is 0 Å². The number of hydrogen-bond acceptors (Lipinski definition) is 4. The molecule has 1 aromatic rings. The Bertz CT molecular complexity index is 628. The van der Waals surface area contributed by atoms with Gasteiger partial charge in [-0.2, -0.15) is 0 Å². The Morgan fingerprint density at radius 1 is 1.07 bits per heavy atom. The van der Waals surface area contributed by atoms with Gasteiger partial charge in [0, 0.05) is 11.6 Å². The zero-order valence-electron chi connectivity index (χ0n) is 19.7. The zero-order valence-corrected chi connectivity index (χ0v) is 20.7. The summed E-state index contributed by atoms with van der Waals surface area (Å²) in [5, 5.41) is 0. The van der Waals surface area contributed by atoms with Crippen molar-refractivity contribution in [3.63, 3.8) is 0 Å². The van der Waals surface area contributed by atoms with Crippen LogP contribution in [0.1, 0.15) is 32.3 Å². The molecule has 0 saturated heterocycles. The summed E-state index contributed by atoms with van der Waals surface area (Å²) in [5.74, 6) is -0.677. The number of carbonyl (C=O) groups is 2. The summed E-state index contributed by atoms with van der Waals surface area (Å²) < 4.78 is 8.95. The lowest BCUT2D eigenvalue weighted by Gasteiger charge is -2.04. The third-order valence-corrected chi connectivity index (χ3v) is 4.32. The molecule has 1 aromatic carbocycles. The van der Waals surface area contributed by atoms with Crippen LogP contribution in [0, 0.1) is 0 Å². The van der Waals surface area contributed by atoms with Gasteiger partial charge in [-0.15, -0.1) is 12.3 Å². The Labute approximate surface area is 185 Å². The maximum absolute atomic E-state index is 10.3. The monoisotopic (exact) mass is 432 g/mol. The fraction of sp³-hybridized carbons (Fsp3) is 0.360. The number of unbranched alkanes of at least 4 members (excludes halogenated alkanes) is 1. The second-order valence-corrected chi connectivity index (χ2v) is 12.3. The maximum Gasteiger partial charge on any atom is 0.332 e. The number of ether oxygens (including phenoxy) is 2. The molecule has 0 aliphatic rings. The fourth-order valence-corrected chi connectivity index (χ4v) is 1.14. The minimum absolute atomic E-state index is 0.330. The third-order valence-electron chi connectivity index (χ3n) is 3.09. The highest BCUT2D eigenvalue weighted by Gasteiger charge is 2.03. The quantitative estimate of drug-likeness (QED) is 0.210. The lowest BCUT2D eigenvalue weighted by atomic mass is 10.2. The molecule has 4 nitrogen and oxygen atoms in total. The van der Waals surface area contributed by atoms with Crippen molar-refractivity contribution in [3.8, 4) is 0 Å². The largest absolute Gasteiger partial charge is 0.466 e. The van der Waals surface area contributed by atoms with Gasteiger partial charge in [-0.25, -0.2) is 9.59 Å². The van der Waals surface area contributed by atoms with Gasteiger partial charge >= 0.3 is 11.9 Å². The predicted octanol–water partition coefficient (Wildman–Crippen LogP) is 6.63. The molecule has 0 fully saturated rings. The van der Waals surface area contributed by atoms with Crippen LogP contribution >= 0.6 is 0 Å². The number of benzene rings is 1. The zero-order chi connectivity index (χ0) is 24.0. The molecule has 30 heavy (non-hydrogen) atoms. The number of methoxy groups -OCH3 is 1. The first kappa shape index (κ1) is 32.0. The van der Waals surface area contributed by atoms with E-state index in [-0.39, 0.29) is 11.9 Å². The van der Waals surface area contributed by atoms with Crippen molar-refractivity contribution in [1.82, 2.24) is 0 Å². The van der Waals surface area contributed by atoms with Crippen LogP contribution in [0.4, 0.5) is 0 Å². The lowest BCUT2D eigenvalue weighted by molar-refractivity contribution is -0.138. The van der Waals surface area contributed by atoms with E-state index in [0.717, 1.165) is 12.8 Å². The normalized spacial score (nSPS) is 8.87. The summed E-state index contributed by atoms with van der Waals surface area (Å²) in [7, 11) is 0.463. The van der Waals surface area contributed by atoms with Gasteiger partial charge in [-0.05, 0) is 18.9 Å². The van der Waals surface area contributed by atoms with Gasteiger partial charge < -0.3 is 9.47 Å². The van der Waals surface area contributed by atoms with Crippen LogP contribution in [0.15, 0.2) is 74.0 Å². The van der Waals surface area contributed by atoms with Crippen LogP contribution in [0.25, 0.3) is 6.08 Å². The Kier molecular flexibility index (Phi) is 22.5. The first-order valence-corrected chi connectivity index (χ1v) is 13.4. The molecule has 0 spiro atoms. The molecule has 0 aliphatic carbocycles. The van der Waals surface area contributed by atoms with Crippen molar-refractivity contribution in [2.45, 2.75) is 46.3 Å². The summed E-state index contributed by atoms with van der Waals surface area (Å²) in [4.78, 5) is 20.5. The van der Waals surface area contributed by atoms with E-state index in [9.17, 15) is 9.59 Å². The van der Waals surface area contributed by atoms with E-state index in [0.29, 0.717) is 12.2 Å². The van der Waals surface area contributed by atoms with Gasteiger partial charge in [0.15, 0.2) is 0 Å². The van der Waals surface area contributed by atoms with E-state index in [1.165, 1.54) is 18.7 Å². The highest BCUT2D eigenvalue weighted by atomic mass is 28.3. The van der Waals surface area contributed by atoms with Crippen LogP contribution in [-0.2, 0) is 19.1 Å². The Morgan fingerprint density at radius 3 is 1.80 bits per heavy atom. The molecular formula is C25H40O4Si. The van der Waals surface area contributed by atoms with Crippen LogP contribution in [-0.4, -0.2) is 33.7 Å². The minimum atomic E-state index is -0.867. The molecule has 0 radical (unpaired) electrons. The molecule has 168 valence electrons. The molecule has 0 heterocycles. The predicted molar refractivity (Wildman–Crippen MR) is 133 cm³/mol. The number of hydrogen-bond donors (Lipinski definition) is 0. The van der Waals surface area contributed by atoms with Crippen LogP contribution < -0.4 is 0 Å². The van der Waals surface area contributed by atoms with Crippen molar-refractivity contribution in [3.05, 3.63) is 79.6 Å². The van der Waals surface area contributed by atoms with E-state index < -0.39 is 8.07 Å². The molecule has 0 aromatic heterocycles. The van der Waals surface area contributed by atoms with E-state index in [4.69, 9.17) is 0 Å². The topological polar surface area (TPSA) is 52.6 Å². The van der Waals surface area contributed by atoms with E-state index in [1.807, 2.05) is 43.3 Å². The second kappa shape index (κ2) is 21.1. The lowest BCUT2D eigenvalue weighted by Crippen LogP contribution is -2.14. The van der Waals surface area contributed by atoms with Gasteiger partial charge in [-0.3, -0.25) is 0 Å². The molecule has 5 heteroatoms. The molecule has 1 rings (SSSR count). The van der Waals surface area contributed by atoms with Gasteiger partial charge in [-0.1, -0.05) is 89.1 Å². The van der Waals surface area contributed by atoms with Crippen LogP contribution in [0.2, 0.25) is 19.6 Å². The van der Waals surface area contributed by atoms with Crippen molar-refractivity contribution in [2.24, 2.45) is 0 Å². The molecule has 0 unspecified atom stereocenters. The fourth-order valence-electron chi connectivity index (χ4n) is 1.14. The van der Waals surface area contributed by atoms with Gasteiger partial charge in [0.1, 0.15) is 0 Å². The number of carbonyl (C=O) groups excluding carboxylic acids is 2. The van der Waals surface area contributed by atoms with Gasteiger partial charge in [0.2, 0.25) is 0 Å². The number of esters is 2. The Balaban J connectivity index is -0.000000328. The summed E-state index contributed by atoms with van der Waals surface area (Å²) in [6.45, 7) is 24.9. The molecule has 0 saturated carbocycles. The average Bonchev–Trinajstić information content (AvgIpc) is 2.74. The highest BCUT2D eigenvalue weighted by Crippen LogP contribution is 1.98. The molecule has 0 amide bonds. The van der Waals surface area contributed by atoms with Gasteiger partial charge in [0.25, 0.3) is 0 Å². The first-order chi connectivity index (χ1) is 14.0. The van der Waals surface area contributed by atoms with Crippen molar-refractivity contribution >= 4 is 26.1 Å². The maximum atomic E-state index is 10.3. The summed E-state index contributed by atoms with van der Waals surface area (Å²) in [5.41, 5.74) is 3.68. The second-order valence-electron chi connectivity index (χ2n) is 7.18. The molecule has 0 bridgehead atoms. The molecule has 0 atom stereocenters. The minimum Gasteiger partial charge on any atom is -0.466 e. The van der Waals surface area contributed by atoms with Crippen molar-refractivity contribution in [1.29, 1.82) is 0 Å². The summed E-state index contributed by atoms with van der Waals surface area (Å²) in [6.07, 6.45) is 4.99. The summed E-state index contributed by atoms with van der Waals surface area (Å²) >= 11 is 0. The van der Waals surface area contributed by atoms with E-state index in [2.05, 4.69) is 61.1 Å². The summed E-state index contributed by atoms with van der Waals surface area (Å²) in [6, 6.07) is 10.0. The van der Waals surface area contributed by atoms with Crippen LogP contribution in [0.5, 0.6) is 0 Å². The number of rotatable bonds is 7. The van der Waals surface area contributed by atoms with Crippen LogP contribution in [0.3, 0.4) is 0 Å². The van der Waals surface area contributed by atoms with E-state index in [1.54, 1.807) is 6.92 Å². The third kappa shape index (κ3) is 27.6.